The minimum atomic E-state index is -4.53. The number of carbonyl (C=O) groups excluding carboxylic acids is 1. The molecule has 1 amide bonds. The fourth-order valence-corrected chi connectivity index (χ4v) is 5.55. The summed E-state index contributed by atoms with van der Waals surface area (Å²) in [7, 11) is 0. The Balaban J connectivity index is 1.25. The summed E-state index contributed by atoms with van der Waals surface area (Å²) in [5.74, 6) is -1.87. The van der Waals surface area contributed by atoms with E-state index in [1.807, 2.05) is 11.1 Å². The molecule has 0 radical (unpaired) electrons. The maximum Gasteiger partial charge on any atom is 0.396 e. The Hall–Kier alpha value is -2.56. The molecule has 1 aromatic rings. The van der Waals surface area contributed by atoms with Gasteiger partial charge in [0.1, 0.15) is 24.1 Å². The van der Waals surface area contributed by atoms with Gasteiger partial charge in [0.05, 0.1) is 11.5 Å². The number of halogens is 3. The number of nitrogens with zero attached hydrogens (tertiary/aromatic N) is 5. The maximum atomic E-state index is 13.8. The molecule has 4 aliphatic rings. The zero-order valence-corrected chi connectivity index (χ0v) is 18.5. The van der Waals surface area contributed by atoms with Crippen molar-refractivity contribution in [1.82, 2.24) is 25.1 Å². The van der Waals surface area contributed by atoms with Crippen LogP contribution in [0.3, 0.4) is 0 Å². The van der Waals surface area contributed by atoms with Gasteiger partial charge in [-0.1, -0.05) is 0 Å². The molecule has 180 valence electrons. The van der Waals surface area contributed by atoms with Crippen molar-refractivity contribution >= 4 is 17.5 Å². The third-order valence-corrected chi connectivity index (χ3v) is 7.30. The van der Waals surface area contributed by atoms with Crippen LogP contribution in [0.15, 0.2) is 18.7 Å². The number of hydrogen-bond acceptors (Lipinski definition) is 7. The molecule has 0 spiro atoms. The number of alkyl halides is 3. The Bertz CT molecular complexity index is 894. The van der Waals surface area contributed by atoms with Gasteiger partial charge in [0.2, 0.25) is 5.91 Å². The average Bonchev–Trinajstić information content (AvgIpc) is 3.48. The van der Waals surface area contributed by atoms with E-state index in [2.05, 4.69) is 36.6 Å². The fourth-order valence-electron chi connectivity index (χ4n) is 5.55. The van der Waals surface area contributed by atoms with Crippen molar-refractivity contribution in [1.29, 1.82) is 0 Å². The second kappa shape index (κ2) is 9.00. The standard InChI is InChI=1S/C22H30F3N7O/c23-22(24,25)16-13-17(33)29-19-18(16)21(28-14-27-19)31-8-3-15(4-9-31)20-26-5-10-32(20)12-11-30-6-1-2-7-30/h5,10,14-16,20,26H,1-4,6-9,11-13H2,(H,27,28,29,33)/t16-,20?/m1/s1. The molecule has 1 aromatic heterocycles. The van der Waals surface area contributed by atoms with Crippen LogP contribution in [0.4, 0.5) is 24.8 Å². The van der Waals surface area contributed by atoms with Gasteiger partial charge in [0.15, 0.2) is 0 Å². The lowest BCUT2D eigenvalue weighted by Gasteiger charge is -2.40. The molecule has 0 aromatic carbocycles. The maximum absolute atomic E-state index is 13.8. The third-order valence-electron chi connectivity index (χ3n) is 7.30. The van der Waals surface area contributed by atoms with Crippen LogP contribution in [-0.4, -0.2) is 77.3 Å². The molecule has 5 heterocycles. The van der Waals surface area contributed by atoms with Crippen molar-refractivity contribution in [3.8, 4) is 0 Å². The summed E-state index contributed by atoms with van der Waals surface area (Å²) in [5, 5.41) is 5.97. The first-order valence-electron chi connectivity index (χ1n) is 11.8. The Morgan fingerprint density at radius 3 is 2.55 bits per heavy atom. The molecule has 11 heteroatoms. The average molecular weight is 466 g/mol. The molecule has 0 bridgehead atoms. The molecule has 0 saturated carbocycles. The van der Waals surface area contributed by atoms with E-state index in [1.54, 1.807) is 0 Å². The van der Waals surface area contributed by atoms with Gasteiger partial charge in [-0.3, -0.25) is 4.79 Å². The van der Waals surface area contributed by atoms with Crippen LogP contribution in [0.5, 0.6) is 0 Å². The highest BCUT2D eigenvalue weighted by Crippen LogP contribution is 2.46. The minimum absolute atomic E-state index is 0.00375. The lowest BCUT2D eigenvalue weighted by molar-refractivity contribution is -0.156. The number of rotatable bonds is 5. The van der Waals surface area contributed by atoms with Crippen LogP contribution in [-0.2, 0) is 4.79 Å². The fraction of sp³-hybridized carbons (Fsp3) is 0.682. The number of aromatic nitrogens is 2. The lowest BCUT2D eigenvalue weighted by Crippen LogP contribution is -2.49. The highest BCUT2D eigenvalue weighted by molar-refractivity contribution is 5.94. The van der Waals surface area contributed by atoms with Crippen molar-refractivity contribution in [3.63, 3.8) is 0 Å². The van der Waals surface area contributed by atoms with Gasteiger partial charge >= 0.3 is 6.18 Å². The second-order valence-corrected chi connectivity index (χ2v) is 9.34. The first-order valence-corrected chi connectivity index (χ1v) is 11.8. The zero-order chi connectivity index (χ0) is 23.0. The summed E-state index contributed by atoms with van der Waals surface area (Å²) in [6.45, 7) is 5.61. The van der Waals surface area contributed by atoms with Crippen LogP contribution in [0.25, 0.3) is 0 Å². The molecular weight excluding hydrogens is 435 g/mol. The molecule has 0 aliphatic carbocycles. The van der Waals surface area contributed by atoms with E-state index in [1.165, 1.54) is 32.3 Å². The van der Waals surface area contributed by atoms with E-state index in [4.69, 9.17) is 0 Å². The molecule has 1 unspecified atom stereocenters. The first-order chi connectivity index (χ1) is 15.9. The highest BCUT2D eigenvalue weighted by atomic mass is 19.4. The van der Waals surface area contributed by atoms with Crippen molar-refractivity contribution in [2.75, 3.05) is 49.5 Å². The SMILES string of the molecule is O=C1C[C@@H](C(F)(F)F)c2c(ncnc2N2CCC(C3NC=CN3CCN3CCCC3)CC2)N1. The summed E-state index contributed by atoms with van der Waals surface area (Å²) < 4.78 is 41.3. The smallest absolute Gasteiger partial charge is 0.370 e. The Kier molecular flexibility index (Phi) is 6.07. The third kappa shape index (κ3) is 4.60. The summed E-state index contributed by atoms with van der Waals surface area (Å²) in [5.41, 5.74) is -0.00375. The highest BCUT2D eigenvalue weighted by Gasteiger charge is 2.48. The number of fused-ring (bicyclic) bond motifs is 1. The van der Waals surface area contributed by atoms with Crippen LogP contribution in [0.1, 0.15) is 43.6 Å². The number of nitrogens with one attached hydrogen (secondary N) is 2. The van der Waals surface area contributed by atoms with Crippen LogP contribution >= 0.6 is 0 Å². The number of piperidine rings is 1. The number of carbonyl (C=O) groups is 1. The van der Waals surface area contributed by atoms with E-state index in [0.29, 0.717) is 24.8 Å². The predicted molar refractivity (Wildman–Crippen MR) is 117 cm³/mol. The summed E-state index contributed by atoms with van der Waals surface area (Å²) in [6.07, 6.45) is 4.67. The van der Waals surface area contributed by atoms with Gasteiger partial charge in [0.25, 0.3) is 0 Å². The van der Waals surface area contributed by atoms with Crippen molar-refractivity contribution in [2.24, 2.45) is 5.92 Å². The van der Waals surface area contributed by atoms with Crippen molar-refractivity contribution in [3.05, 3.63) is 24.3 Å². The van der Waals surface area contributed by atoms with Crippen LogP contribution in [0.2, 0.25) is 0 Å². The molecule has 2 fully saturated rings. The van der Waals surface area contributed by atoms with Gasteiger partial charge in [0, 0.05) is 50.9 Å². The molecule has 8 nitrogen and oxygen atoms in total. The number of likely N-dealkylation sites (tertiary alicyclic amines) is 1. The lowest BCUT2D eigenvalue weighted by atomic mass is 9.89. The predicted octanol–water partition coefficient (Wildman–Crippen LogP) is 2.48. The monoisotopic (exact) mass is 465 g/mol. The number of anilines is 2. The van der Waals surface area contributed by atoms with Crippen LogP contribution < -0.4 is 15.5 Å². The normalized spacial score (nSPS) is 26.5. The Morgan fingerprint density at radius 2 is 1.82 bits per heavy atom. The molecule has 5 rings (SSSR count). The van der Waals surface area contributed by atoms with Gasteiger partial charge in [-0.25, -0.2) is 9.97 Å². The molecular formula is C22H30F3N7O. The topological polar surface area (TPSA) is 76.6 Å². The van der Waals surface area contributed by atoms with Gasteiger partial charge in [-0.2, -0.15) is 13.2 Å². The first kappa shape index (κ1) is 22.2. The molecule has 2 N–H and O–H groups in total. The summed E-state index contributed by atoms with van der Waals surface area (Å²) in [6, 6.07) is 0. The van der Waals surface area contributed by atoms with E-state index >= 15 is 0 Å². The zero-order valence-electron chi connectivity index (χ0n) is 18.5. The van der Waals surface area contributed by atoms with Crippen molar-refractivity contribution < 1.29 is 18.0 Å². The summed E-state index contributed by atoms with van der Waals surface area (Å²) >= 11 is 0. The van der Waals surface area contributed by atoms with Gasteiger partial charge in [-0.15, -0.1) is 0 Å². The van der Waals surface area contributed by atoms with E-state index < -0.39 is 24.4 Å². The molecule has 33 heavy (non-hydrogen) atoms. The Labute approximate surface area is 191 Å². The largest absolute Gasteiger partial charge is 0.396 e. The van der Waals surface area contributed by atoms with Gasteiger partial charge in [-0.05, 0) is 38.8 Å². The molecule has 4 aliphatic heterocycles. The quantitative estimate of drug-likeness (QED) is 0.692. The number of hydrogen-bond donors (Lipinski definition) is 2. The van der Waals surface area contributed by atoms with E-state index in [9.17, 15) is 18.0 Å². The van der Waals surface area contributed by atoms with Crippen LogP contribution in [0, 0.1) is 5.92 Å². The molecule has 2 saturated heterocycles. The Morgan fingerprint density at radius 1 is 1.06 bits per heavy atom. The minimum Gasteiger partial charge on any atom is -0.370 e. The summed E-state index contributed by atoms with van der Waals surface area (Å²) in [4.78, 5) is 26.8. The van der Waals surface area contributed by atoms with E-state index in [-0.39, 0.29) is 17.5 Å². The molecule has 2 atom stereocenters. The number of amides is 1. The van der Waals surface area contributed by atoms with Crippen molar-refractivity contribution in [2.45, 2.75) is 50.4 Å². The van der Waals surface area contributed by atoms with Gasteiger partial charge < -0.3 is 25.3 Å². The van der Waals surface area contributed by atoms with E-state index in [0.717, 1.165) is 25.9 Å². The second-order valence-electron chi connectivity index (χ2n) is 9.34.